The number of hydrogen-bond donors (Lipinski definition) is 1. The molecule has 1 aromatic rings. The molecule has 17 heavy (non-hydrogen) atoms. The molecule has 6 heteroatoms. The van der Waals surface area contributed by atoms with Gasteiger partial charge in [0.15, 0.2) is 0 Å². The van der Waals surface area contributed by atoms with Crippen LogP contribution in [0.15, 0.2) is 24.5 Å². The molecule has 1 heterocycles. The lowest BCUT2D eigenvalue weighted by molar-refractivity contribution is -0.150. The lowest BCUT2D eigenvalue weighted by Gasteiger charge is -2.30. The van der Waals surface area contributed by atoms with E-state index in [2.05, 4.69) is 4.98 Å². The number of rotatable bonds is 5. The number of hydrogen-bond acceptors (Lipinski definition) is 3. The van der Waals surface area contributed by atoms with Crippen LogP contribution in [0.2, 0.25) is 0 Å². The first kappa shape index (κ1) is 13.9. The van der Waals surface area contributed by atoms with Gasteiger partial charge in [0.25, 0.3) is 0 Å². The Labute approximate surface area is 98.4 Å². The van der Waals surface area contributed by atoms with Crippen molar-refractivity contribution in [1.29, 1.82) is 0 Å². The molecule has 0 aliphatic rings. The Balaban J connectivity index is 2.84. The summed E-state index contributed by atoms with van der Waals surface area (Å²) in [5.74, 6) is 0. The number of alkyl halides is 3. The van der Waals surface area contributed by atoms with E-state index in [-0.39, 0.29) is 13.1 Å². The van der Waals surface area contributed by atoms with E-state index in [0.717, 1.165) is 0 Å². The van der Waals surface area contributed by atoms with Crippen LogP contribution >= 0.6 is 0 Å². The minimum Gasteiger partial charge on any atom is -0.329 e. The van der Waals surface area contributed by atoms with E-state index in [0.29, 0.717) is 5.56 Å². The van der Waals surface area contributed by atoms with E-state index >= 15 is 0 Å². The number of nitrogens with two attached hydrogens (primary N) is 1. The Kier molecular flexibility index (Phi) is 4.89. The topological polar surface area (TPSA) is 42.1 Å². The van der Waals surface area contributed by atoms with E-state index in [4.69, 9.17) is 5.73 Å². The van der Waals surface area contributed by atoms with Crippen LogP contribution in [0.4, 0.5) is 13.2 Å². The third kappa shape index (κ3) is 4.32. The highest BCUT2D eigenvalue weighted by Gasteiger charge is 2.33. The minimum absolute atomic E-state index is 0.135. The summed E-state index contributed by atoms with van der Waals surface area (Å²) in [6.45, 7) is 1.15. The molecule has 1 unspecified atom stereocenters. The summed E-state index contributed by atoms with van der Waals surface area (Å²) in [5, 5.41) is 0. The fraction of sp³-hybridized carbons (Fsp3) is 0.545. The molecule has 0 aliphatic heterocycles. The van der Waals surface area contributed by atoms with Crippen molar-refractivity contribution in [3.8, 4) is 0 Å². The lowest BCUT2D eigenvalue weighted by atomic mass is 10.1. The van der Waals surface area contributed by atoms with Gasteiger partial charge >= 0.3 is 6.18 Å². The van der Waals surface area contributed by atoms with Gasteiger partial charge in [-0.15, -0.1) is 0 Å². The molecule has 1 aromatic heterocycles. The second-order valence-corrected chi connectivity index (χ2v) is 3.72. The molecular formula is C11H16F3N3. The molecule has 96 valence electrons. The van der Waals surface area contributed by atoms with Crippen molar-refractivity contribution >= 4 is 0 Å². The Morgan fingerprint density at radius 1 is 1.47 bits per heavy atom. The van der Waals surface area contributed by atoms with Gasteiger partial charge in [-0.3, -0.25) is 9.88 Å². The maximum atomic E-state index is 12.4. The van der Waals surface area contributed by atoms with E-state index in [1.165, 1.54) is 4.90 Å². The zero-order valence-electron chi connectivity index (χ0n) is 9.61. The van der Waals surface area contributed by atoms with Crippen LogP contribution in [0.1, 0.15) is 18.5 Å². The van der Waals surface area contributed by atoms with Gasteiger partial charge in [-0.2, -0.15) is 13.2 Å². The second-order valence-electron chi connectivity index (χ2n) is 3.72. The summed E-state index contributed by atoms with van der Waals surface area (Å²) in [6, 6.07) is 2.98. The van der Waals surface area contributed by atoms with E-state index in [1.54, 1.807) is 31.5 Å². The van der Waals surface area contributed by atoms with Crippen molar-refractivity contribution < 1.29 is 13.2 Å². The maximum Gasteiger partial charge on any atom is 0.401 e. The smallest absolute Gasteiger partial charge is 0.329 e. The first-order valence-electron chi connectivity index (χ1n) is 5.38. The predicted octanol–water partition coefficient (Wildman–Crippen LogP) is 1.97. The number of pyridine rings is 1. The number of aromatic nitrogens is 1. The molecule has 0 aliphatic carbocycles. The molecule has 0 spiro atoms. The van der Waals surface area contributed by atoms with Gasteiger partial charge in [-0.05, 0) is 18.2 Å². The fourth-order valence-electron chi connectivity index (χ4n) is 1.74. The normalized spacial score (nSPS) is 14.0. The highest BCUT2D eigenvalue weighted by molar-refractivity contribution is 5.14. The summed E-state index contributed by atoms with van der Waals surface area (Å²) < 4.78 is 37.2. The van der Waals surface area contributed by atoms with Crippen LogP contribution in [0, 0.1) is 0 Å². The van der Waals surface area contributed by atoms with E-state index in [1.807, 2.05) is 0 Å². The largest absolute Gasteiger partial charge is 0.401 e. The first-order chi connectivity index (χ1) is 7.98. The number of halogens is 3. The molecule has 2 N–H and O–H groups in total. The van der Waals surface area contributed by atoms with Gasteiger partial charge in [-0.1, -0.05) is 13.0 Å². The van der Waals surface area contributed by atoms with Gasteiger partial charge in [0.1, 0.15) is 0 Å². The summed E-state index contributed by atoms with van der Waals surface area (Å²) >= 11 is 0. The van der Waals surface area contributed by atoms with Gasteiger partial charge in [0.2, 0.25) is 0 Å². The van der Waals surface area contributed by atoms with Gasteiger partial charge in [-0.25, -0.2) is 0 Å². The molecule has 0 fully saturated rings. The van der Waals surface area contributed by atoms with Gasteiger partial charge < -0.3 is 5.73 Å². The molecule has 3 nitrogen and oxygen atoms in total. The molecule has 0 amide bonds. The number of likely N-dealkylation sites (N-methyl/N-ethyl adjacent to an activating group) is 1. The third-order valence-electron chi connectivity index (χ3n) is 2.52. The summed E-state index contributed by atoms with van der Waals surface area (Å²) in [5.41, 5.74) is 6.27. The third-order valence-corrected chi connectivity index (χ3v) is 2.52. The van der Waals surface area contributed by atoms with Gasteiger partial charge in [0, 0.05) is 25.0 Å². The van der Waals surface area contributed by atoms with Crippen molar-refractivity contribution in [2.45, 2.75) is 19.1 Å². The van der Waals surface area contributed by atoms with Crippen molar-refractivity contribution in [3.63, 3.8) is 0 Å². The maximum absolute atomic E-state index is 12.4. The molecule has 0 radical (unpaired) electrons. The quantitative estimate of drug-likeness (QED) is 0.865. The minimum atomic E-state index is -4.22. The molecule has 0 saturated heterocycles. The Morgan fingerprint density at radius 2 is 2.18 bits per heavy atom. The molecular weight excluding hydrogens is 231 g/mol. The highest BCUT2D eigenvalue weighted by atomic mass is 19.4. The van der Waals surface area contributed by atoms with Crippen LogP contribution < -0.4 is 5.73 Å². The molecule has 1 atom stereocenters. The zero-order valence-corrected chi connectivity index (χ0v) is 9.61. The van der Waals surface area contributed by atoms with E-state index in [9.17, 15) is 13.2 Å². The summed E-state index contributed by atoms with van der Waals surface area (Å²) in [6.07, 6.45) is -1.08. The highest BCUT2D eigenvalue weighted by Crippen LogP contribution is 2.24. The Hall–Kier alpha value is -1.14. The van der Waals surface area contributed by atoms with Crippen molar-refractivity contribution in [2.75, 3.05) is 19.6 Å². The molecule has 0 saturated carbocycles. The SMILES string of the molecule is CCN(CC(F)(F)F)C(CN)c1cccnc1. The monoisotopic (exact) mass is 247 g/mol. The summed E-state index contributed by atoms with van der Waals surface area (Å²) in [4.78, 5) is 5.21. The van der Waals surface area contributed by atoms with Crippen molar-refractivity contribution in [1.82, 2.24) is 9.88 Å². The Morgan fingerprint density at radius 3 is 2.59 bits per heavy atom. The average Bonchev–Trinajstić information content (AvgIpc) is 2.28. The summed E-state index contributed by atoms with van der Waals surface area (Å²) in [7, 11) is 0. The van der Waals surface area contributed by atoms with Gasteiger partial charge in [0.05, 0.1) is 6.54 Å². The van der Waals surface area contributed by atoms with E-state index < -0.39 is 18.8 Å². The molecule has 1 rings (SSSR count). The van der Waals surface area contributed by atoms with Crippen molar-refractivity contribution in [3.05, 3.63) is 30.1 Å². The second kappa shape index (κ2) is 5.97. The zero-order chi connectivity index (χ0) is 12.9. The van der Waals surface area contributed by atoms with Crippen LogP contribution in [0.25, 0.3) is 0 Å². The van der Waals surface area contributed by atoms with Crippen LogP contribution in [0.3, 0.4) is 0 Å². The standard InChI is InChI=1S/C11H16F3N3/c1-2-17(8-11(12,13)14)10(6-15)9-4-3-5-16-7-9/h3-5,7,10H,2,6,8,15H2,1H3. The lowest BCUT2D eigenvalue weighted by Crippen LogP contribution is -2.40. The number of nitrogens with zero attached hydrogens (tertiary/aromatic N) is 2. The van der Waals surface area contributed by atoms with Crippen LogP contribution in [-0.4, -0.2) is 35.7 Å². The predicted molar refractivity (Wildman–Crippen MR) is 59.3 cm³/mol. The Bertz CT molecular complexity index is 326. The first-order valence-corrected chi connectivity index (χ1v) is 5.38. The average molecular weight is 247 g/mol. The fourth-order valence-corrected chi connectivity index (χ4v) is 1.74. The van der Waals surface area contributed by atoms with Crippen LogP contribution in [-0.2, 0) is 0 Å². The van der Waals surface area contributed by atoms with Crippen LogP contribution in [0.5, 0.6) is 0 Å². The van der Waals surface area contributed by atoms with Crippen molar-refractivity contribution in [2.24, 2.45) is 5.73 Å². The molecule has 0 aromatic carbocycles. The molecule has 0 bridgehead atoms.